The molecule has 152 valence electrons. The minimum absolute atomic E-state index is 0.181. The number of benzene rings is 3. The molecule has 3 aromatic rings. The lowest BCUT2D eigenvalue weighted by Gasteiger charge is -2.13. The average Bonchev–Trinajstić information content (AvgIpc) is 3.11. The summed E-state index contributed by atoms with van der Waals surface area (Å²) in [5.74, 6) is 0.223. The van der Waals surface area contributed by atoms with Crippen LogP contribution >= 0.6 is 0 Å². The molecule has 1 N–H and O–H groups in total. The fraction of sp³-hybridized carbons (Fsp3) is 0.0769. The van der Waals surface area contributed by atoms with Crippen LogP contribution in [0.15, 0.2) is 95.9 Å². The summed E-state index contributed by atoms with van der Waals surface area (Å²) in [7, 11) is 0. The summed E-state index contributed by atoms with van der Waals surface area (Å²) in [6.07, 6.45) is 2.64. The Balaban J connectivity index is 1.67. The summed E-state index contributed by atoms with van der Waals surface area (Å²) in [4.78, 5) is 21.2. The number of nitrogens with one attached hydrogen (secondary N) is 1. The van der Waals surface area contributed by atoms with E-state index in [0.717, 1.165) is 16.8 Å². The van der Waals surface area contributed by atoms with Crippen LogP contribution < -0.4 is 5.56 Å². The van der Waals surface area contributed by atoms with Gasteiger partial charge in [-0.05, 0) is 23.3 Å². The van der Waals surface area contributed by atoms with Crippen molar-refractivity contribution >= 4 is 0 Å². The van der Waals surface area contributed by atoms with Gasteiger partial charge in [0, 0.05) is 24.6 Å². The second-order valence-corrected chi connectivity index (χ2v) is 7.51. The van der Waals surface area contributed by atoms with Gasteiger partial charge in [-0.3, -0.25) is 9.36 Å². The number of aromatic amines is 1. The molecule has 0 spiro atoms. The van der Waals surface area contributed by atoms with Crippen LogP contribution in [0, 0.1) is 5.82 Å². The Kier molecular flexibility index (Phi) is 4.92. The number of hydrogen-bond acceptors (Lipinski definition) is 2. The van der Waals surface area contributed by atoms with Gasteiger partial charge in [-0.25, -0.2) is 9.37 Å². The van der Waals surface area contributed by atoms with E-state index >= 15 is 0 Å². The van der Waals surface area contributed by atoms with Crippen molar-refractivity contribution in [3.63, 3.8) is 0 Å². The van der Waals surface area contributed by atoms with Gasteiger partial charge < -0.3 is 4.98 Å². The minimum Gasteiger partial charge on any atom is -0.354 e. The van der Waals surface area contributed by atoms with Crippen LogP contribution in [0.4, 0.5) is 4.39 Å². The van der Waals surface area contributed by atoms with E-state index in [-0.39, 0.29) is 11.4 Å². The highest BCUT2D eigenvalue weighted by Gasteiger charge is 2.21. The molecule has 2 aliphatic rings. The van der Waals surface area contributed by atoms with Crippen LogP contribution in [0.1, 0.15) is 22.5 Å². The molecule has 0 fully saturated rings. The molecule has 0 bridgehead atoms. The molecule has 4 nitrogen and oxygen atoms in total. The molecule has 0 aliphatic carbocycles. The third-order valence-electron chi connectivity index (χ3n) is 5.35. The molecule has 5 heteroatoms. The van der Waals surface area contributed by atoms with E-state index in [9.17, 15) is 9.18 Å². The Bertz CT molecular complexity index is 1360. The lowest BCUT2D eigenvalue weighted by Crippen LogP contribution is -2.18. The number of halogens is 1. The first-order chi connectivity index (χ1) is 15.2. The quantitative estimate of drug-likeness (QED) is 0.445. The Labute approximate surface area is 179 Å². The van der Waals surface area contributed by atoms with Gasteiger partial charge in [-0.1, -0.05) is 72.8 Å². The molecule has 0 unspecified atom stereocenters. The number of aromatic nitrogens is 3. The fourth-order valence-electron chi connectivity index (χ4n) is 3.82. The average molecular weight is 409 g/mol. The molecule has 0 atom stereocenters. The minimum atomic E-state index is -0.346. The standard InChI is InChI=1S/C26H20FN3O/c27-21-14-8-7-13-20(21)24-17-30-25(22(28-24)15-18-9-3-1-4-10-18)29-23(26(30)31)16-19-11-5-2-6-12-19/h1-14,17,28H,15-16H2. The van der Waals surface area contributed by atoms with E-state index in [2.05, 4.69) is 9.97 Å². The van der Waals surface area contributed by atoms with Crippen LogP contribution in [-0.2, 0) is 12.8 Å². The van der Waals surface area contributed by atoms with Gasteiger partial charge in [-0.2, -0.15) is 0 Å². The van der Waals surface area contributed by atoms with Crippen molar-refractivity contribution in [3.05, 3.63) is 130 Å². The first-order valence-electron chi connectivity index (χ1n) is 10.1. The Morgan fingerprint density at radius 2 is 1.42 bits per heavy atom. The maximum atomic E-state index is 14.5. The Morgan fingerprint density at radius 1 is 0.806 bits per heavy atom. The molecule has 0 amide bonds. The smallest absolute Gasteiger partial charge is 0.278 e. The largest absolute Gasteiger partial charge is 0.354 e. The van der Waals surface area contributed by atoms with Crippen LogP contribution in [-0.4, -0.2) is 14.5 Å². The lowest BCUT2D eigenvalue weighted by molar-refractivity contribution is 0.630. The fourth-order valence-corrected chi connectivity index (χ4v) is 3.82. The number of H-pyrrole nitrogens is 1. The van der Waals surface area contributed by atoms with E-state index < -0.39 is 0 Å². The van der Waals surface area contributed by atoms with Crippen molar-refractivity contribution in [3.8, 4) is 17.1 Å². The molecule has 0 saturated carbocycles. The van der Waals surface area contributed by atoms with Crippen molar-refractivity contribution in [1.29, 1.82) is 0 Å². The van der Waals surface area contributed by atoms with Crippen molar-refractivity contribution in [2.24, 2.45) is 0 Å². The third kappa shape index (κ3) is 3.78. The van der Waals surface area contributed by atoms with Gasteiger partial charge in [0.05, 0.1) is 11.4 Å². The van der Waals surface area contributed by atoms with Crippen molar-refractivity contribution in [1.82, 2.24) is 14.5 Å². The van der Waals surface area contributed by atoms with Crippen molar-refractivity contribution in [2.45, 2.75) is 12.8 Å². The topological polar surface area (TPSA) is 50.7 Å². The lowest BCUT2D eigenvalue weighted by atomic mass is 10.1. The molecule has 2 aliphatic heterocycles. The summed E-state index contributed by atoms with van der Waals surface area (Å²) in [6, 6.07) is 26.3. The third-order valence-corrected chi connectivity index (χ3v) is 5.35. The second kappa shape index (κ2) is 8.03. The Hall–Kier alpha value is -3.99. The SMILES string of the molecule is O=c1c(Cc2ccccc2)nc2c(Cc3ccccc3)[nH]c(-c3ccccc3F)cn1-2. The summed E-state index contributed by atoms with van der Waals surface area (Å²) < 4.78 is 16.0. The molecular formula is C26H20FN3O. The number of rotatable bonds is 5. The zero-order valence-corrected chi connectivity index (χ0v) is 16.8. The van der Waals surface area contributed by atoms with Crippen LogP contribution in [0.25, 0.3) is 17.1 Å². The molecule has 31 heavy (non-hydrogen) atoms. The van der Waals surface area contributed by atoms with Crippen LogP contribution in [0.5, 0.6) is 0 Å². The monoisotopic (exact) mass is 409 g/mol. The highest BCUT2D eigenvalue weighted by molar-refractivity contribution is 5.61. The first-order valence-corrected chi connectivity index (χ1v) is 10.1. The summed E-state index contributed by atoms with van der Waals surface area (Å²) >= 11 is 0. The predicted molar refractivity (Wildman–Crippen MR) is 119 cm³/mol. The maximum Gasteiger partial charge on any atom is 0.278 e. The van der Waals surface area contributed by atoms with Gasteiger partial charge in [0.15, 0.2) is 5.82 Å². The van der Waals surface area contributed by atoms with Gasteiger partial charge in [0.2, 0.25) is 0 Å². The maximum absolute atomic E-state index is 14.5. The predicted octanol–water partition coefficient (Wildman–Crippen LogP) is 4.99. The van der Waals surface area contributed by atoms with E-state index in [1.165, 1.54) is 10.6 Å². The Morgan fingerprint density at radius 3 is 2.10 bits per heavy atom. The summed E-state index contributed by atoms with van der Waals surface area (Å²) in [5.41, 5.74) is 4.11. The summed E-state index contributed by atoms with van der Waals surface area (Å²) in [5, 5.41) is 0. The van der Waals surface area contributed by atoms with E-state index in [4.69, 9.17) is 0 Å². The van der Waals surface area contributed by atoms with E-state index in [1.54, 1.807) is 24.4 Å². The molecule has 3 aromatic carbocycles. The van der Waals surface area contributed by atoms with Gasteiger partial charge in [0.25, 0.3) is 5.56 Å². The highest BCUT2D eigenvalue weighted by Crippen LogP contribution is 2.25. The van der Waals surface area contributed by atoms with Crippen LogP contribution in [0.2, 0.25) is 0 Å². The molecule has 5 rings (SSSR count). The number of nitrogens with zero attached hydrogens (tertiary/aromatic N) is 2. The van der Waals surface area contributed by atoms with E-state index in [0.29, 0.717) is 35.6 Å². The zero-order valence-electron chi connectivity index (χ0n) is 16.8. The molecule has 0 saturated heterocycles. The molecule has 2 heterocycles. The molecule has 0 radical (unpaired) electrons. The highest BCUT2D eigenvalue weighted by atomic mass is 19.1. The van der Waals surface area contributed by atoms with E-state index in [1.807, 2.05) is 60.7 Å². The first kappa shape index (κ1) is 19.0. The zero-order chi connectivity index (χ0) is 21.2. The molecule has 0 aromatic heterocycles. The van der Waals surface area contributed by atoms with Gasteiger partial charge in [-0.15, -0.1) is 0 Å². The van der Waals surface area contributed by atoms with Crippen molar-refractivity contribution in [2.75, 3.05) is 0 Å². The number of imidazole rings is 1. The molecular weight excluding hydrogens is 389 g/mol. The van der Waals surface area contributed by atoms with Gasteiger partial charge >= 0.3 is 0 Å². The second-order valence-electron chi connectivity index (χ2n) is 7.51. The number of fused-ring (bicyclic) bond motifs is 1. The van der Waals surface area contributed by atoms with Crippen LogP contribution in [0.3, 0.4) is 0 Å². The van der Waals surface area contributed by atoms with Gasteiger partial charge in [0.1, 0.15) is 11.5 Å². The number of hydrogen-bond donors (Lipinski definition) is 1. The summed E-state index contributed by atoms with van der Waals surface area (Å²) in [6.45, 7) is 0. The van der Waals surface area contributed by atoms with Crippen molar-refractivity contribution < 1.29 is 4.39 Å². The normalized spacial score (nSPS) is 11.1.